The molecule has 0 amide bonds. The van der Waals surface area contributed by atoms with Gasteiger partial charge < -0.3 is 5.32 Å². The van der Waals surface area contributed by atoms with Crippen LogP contribution in [0.15, 0.2) is 24.3 Å². The van der Waals surface area contributed by atoms with E-state index in [2.05, 4.69) is 57.3 Å². The minimum Gasteiger partial charge on any atom is -0.314 e. The van der Waals surface area contributed by atoms with Gasteiger partial charge in [-0.05, 0) is 43.4 Å². The molecule has 0 radical (unpaired) electrons. The molecule has 0 fully saturated rings. The maximum atomic E-state index is 3.72. The van der Waals surface area contributed by atoms with Crippen molar-refractivity contribution in [3.63, 3.8) is 0 Å². The molecule has 2 unspecified atom stereocenters. The first-order valence-corrected chi connectivity index (χ1v) is 8.00. The lowest BCUT2D eigenvalue weighted by atomic mass is 9.86. The van der Waals surface area contributed by atoms with Gasteiger partial charge in [0.1, 0.15) is 0 Å². The molecule has 0 aromatic heterocycles. The molecule has 1 rings (SSSR count). The highest BCUT2D eigenvalue weighted by atomic mass is 14.9. The number of rotatable bonds is 9. The summed E-state index contributed by atoms with van der Waals surface area (Å²) in [4.78, 5) is 0. The van der Waals surface area contributed by atoms with E-state index in [1.165, 1.54) is 43.2 Å². The summed E-state index contributed by atoms with van der Waals surface area (Å²) in [5.41, 5.74) is 2.93. The lowest BCUT2D eigenvalue weighted by Crippen LogP contribution is -2.38. The number of hydrogen-bond donors (Lipinski definition) is 1. The van der Waals surface area contributed by atoms with E-state index < -0.39 is 0 Å². The third-order valence-electron chi connectivity index (χ3n) is 4.19. The van der Waals surface area contributed by atoms with Crippen LogP contribution in [0.5, 0.6) is 0 Å². The zero-order valence-corrected chi connectivity index (χ0v) is 13.2. The highest BCUT2D eigenvalue weighted by molar-refractivity contribution is 5.26. The number of aryl methyl sites for hydroxylation is 1. The number of nitrogens with one attached hydrogen (secondary N) is 1. The molecule has 2 atom stereocenters. The van der Waals surface area contributed by atoms with E-state index in [1.54, 1.807) is 0 Å². The Labute approximate surface area is 119 Å². The molecule has 1 N–H and O–H groups in total. The fraction of sp³-hybridized carbons (Fsp3) is 0.667. The van der Waals surface area contributed by atoms with Crippen LogP contribution in [0.1, 0.15) is 57.6 Å². The van der Waals surface area contributed by atoms with Crippen LogP contribution < -0.4 is 5.32 Å². The molecule has 0 aliphatic rings. The second-order valence-corrected chi connectivity index (χ2v) is 5.61. The summed E-state index contributed by atoms with van der Waals surface area (Å²) in [6.45, 7) is 10.1. The third-order valence-corrected chi connectivity index (χ3v) is 4.19. The summed E-state index contributed by atoms with van der Waals surface area (Å²) in [6.07, 6.45) is 6.47. The first kappa shape index (κ1) is 16.2. The van der Waals surface area contributed by atoms with Crippen molar-refractivity contribution in [2.24, 2.45) is 5.92 Å². The van der Waals surface area contributed by atoms with Crippen LogP contribution in [0.2, 0.25) is 0 Å². The Kier molecular flexibility index (Phi) is 7.81. The van der Waals surface area contributed by atoms with Crippen molar-refractivity contribution in [2.75, 3.05) is 6.54 Å². The van der Waals surface area contributed by atoms with Crippen molar-refractivity contribution in [3.05, 3.63) is 35.4 Å². The predicted molar refractivity (Wildman–Crippen MR) is 85.7 cm³/mol. The van der Waals surface area contributed by atoms with Crippen LogP contribution in [0.4, 0.5) is 0 Å². The zero-order chi connectivity index (χ0) is 14.1. The van der Waals surface area contributed by atoms with Crippen LogP contribution in [-0.2, 0) is 6.42 Å². The monoisotopic (exact) mass is 261 g/mol. The lowest BCUT2D eigenvalue weighted by Gasteiger charge is -2.28. The maximum Gasteiger partial charge on any atom is 0.0136 e. The third kappa shape index (κ3) is 5.36. The van der Waals surface area contributed by atoms with E-state index in [-0.39, 0.29) is 0 Å². The van der Waals surface area contributed by atoms with Gasteiger partial charge in [0.2, 0.25) is 0 Å². The van der Waals surface area contributed by atoms with E-state index in [0.717, 1.165) is 12.5 Å². The SMILES string of the molecule is CCCCC(CC)C(Cc1ccccc1C)NCC. The van der Waals surface area contributed by atoms with Gasteiger partial charge in [0.15, 0.2) is 0 Å². The molecule has 0 saturated heterocycles. The van der Waals surface area contributed by atoms with Crippen molar-refractivity contribution in [2.45, 2.75) is 65.8 Å². The van der Waals surface area contributed by atoms with Gasteiger partial charge in [-0.2, -0.15) is 0 Å². The largest absolute Gasteiger partial charge is 0.314 e. The number of unbranched alkanes of at least 4 members (excludes halogenated alkanes) is 1. The molecule has 0 aliphatic heterocycles. The second kappa shape index (κ2) is 9.14. The minimum atomic E-state index is 0.627. The first-order chi connectivity index (χ1) is 9.22. The molecule has 1 heteroatoms. The van der Waals surface area contributed by atoms with Gasteiger partial charge in [-0.15, -0.1) is 0 Å². The van der Waals surface area contributed by atoms with Crippen LogP contribution in [-0.4, -0.2) is 12.6 Å². The Morgan fingerprint density at radius 3 is 2.42 bits per heavy atom. The van der Waals surface area contributed by atoms with Crippen molar-refractivity contribution in [3.8, 4) is 0 Å². The molecule has 1 nitrogen and oxygen atoms in total. The molecule has 0 bridgehead atoms. The van der Waals surface area contributed by atoms with Gasteiger partial charge in [-0.3, -0.25) is 0 Å². The van der Waals surface area contributed by atoms with Crippen molar-refractivity contribution >= 4 is 0 Å². The van der Waals surface area contributed by atoms with Crippen molar-refractivity contribution in [1.29, 1.82) is 0 Å². The van der Waals surface area contributed by atoms with Gasteiger partial charge in [-0.25, -0.2) is 0 Å². The van der Waals surface area contributed by atoms with Gasteiger partial charge in [0, 0.05) is 6.04 Å². The van der Waals surface area contributed by atoms with Gasteiger partial charge in [0.25, 0.3) is 0 Å². The lowest BCUT2D eigenvalue weighted by molar-refractivity contribution is 0.319. The molecule has 108 valence electrons. The fourth-order valence-corrected chi connectivity index (χ4v) is 2.90. The molecular weight excluding hydrogens is 230 g/mol. The van der Waals surface area contributed by atoms with E-state index in [0.29, 0.717) is 6.04 Å². The van der Waals surface area contributed by atoms with E-state index in [4.69, 9.17) is 0 Å². The van der Waals surface area contributed by atoms with Gasteiger partial charge >= 0.3 is 0 Å². The molecule has 19 heavy (non-hydrogen) atoms. The quantitative estimate of drug-likeness (QED) is 0.677. The second-order valence-electron chi connectivity index (χ2n) is 5.61. The smallest absolute Gasteiger partial charge is 0.0136 e. The van der Waals surface area contributed by atoms with Crippen LogP contribution in [0, 0.1) is 12.8 Å². The average molecular weight is 261 g/mol. The highest BCUT2D eigenvalue weighted by Gasteiger charge is 2.19. The standard InChI is InChI=1S/C18H31N/c1-5-8-12-16(6-2)18(19-7-3)14-17-13-10-9-11-15(17)4/h9-11,13,16,18-19H,5-8,12,14H2,1-4H3. The summed E-state index contributed by atoms with van der Waals surface area (Å²) in [6, 6.07) is 9.44. The summed E-state index contributed by atoms with van der Waals surface area (Å²) in [5, 5.41) is 3.72. The molecule has 0 aliphatic carbocycles. The van der Waals surface area contributed by atoms with Crippen LogP contribution in [0.25, 0.3) is 0 Å². The summed E-state index contributed by atoms with van der Waals surface area (Å²) < 4.78 is 0. The van der Waals surface area contributed by atoms with E-state index in [1.807, 2.05) is 0 Å². The molecule has 0 spiro atoms. The minimum absolute atomic E-state index is 0.627. The zero-order valence-electron chi connectivity index (χ0n) is 13.2. The molecule has 0 saturated carbocycles. The maximum absolute atomic E-state index is 3.72. The van der Waals surface area contributed by atoms with Crippen LogP contribution >= 0.6 is 0 Å². The van der Waals surface area contributed by atoms with Gasteiger partial charge in [0.05, 0.1) is 0 Å². The Morgan fingerprint density at radius 1 is 1.11 bits per heavy atom. The van der Waals surface area contributed by atoms with E-state index >= 15 is 0 Å². The average Bonchev–Trinajstić information content (AvgIpc) is 2.42. The Bertz CT molecular complexity index is 345. The van der Waals surface area contributed by atoms with Crippen LogP contribution in [0.3, 0.4) is 0 Å². The molecule has 1 aromatic rings. The Morgan fingerprint density at radius 2 is 1.84 bits per heavy atom. The van der Waals surface area contributed by atoms with Crippen molar-refractivity contribution in [1.82, 2.24) is 5.32 Å². The predicted octanol–water partition coefficient (Wildman–Crippen LogP) is 4.73. The number of benzene rings is 1. The summed E-state index contributed by atoms with van der Waals surface area (Å²) >= 11 is 0. The topological polar surface area (TPSA) is 12.0 Å². The van der Waals surface area contributed by atoms with E-state index in [9.17, 15) is 0 Å². The highest BCUT2D eigenvalue weighted by Crippen LogP contribution is 2.21. The molecule has 0 heterocycles. The number of likely N-dealkylation sites (N-methyl/N-ethyl adjacent to an activating group) is 1. The fourth-order valence-electron chi connectivity index (χ4n) is 2.90. The molecular formula is C18H31N. The number of hydrogen-bond acceptors (Lipinski definition) is 1. The first-order valence-electron chi connectivity index (χ1n) is 8.00. The molecule has 1 aromatic carbocycles. The van der Waals surface area contributed by atoms with Crippen molar-refractivity contribution < 1.29 is 0 Å². The Hall–Kier alpha value is -0.820. The normalized spacial score (nSPS) is 14.3. The van der Waals surface area contributed by atoms with Gasteiger partial charge in [-0.1, -0.05) is 64.3 Å². The summed E-state index contributed by atoms with van der Waals surface area (Å²) in [7, 11) is 0. The summed E-state index contributed by atoms with van der Waals surface area (Å²) in [5.74, 6) is 0.805. The Balaban J connectivity index is 2.72.